The molecule has 1 amide bonds. The highest BCUT2D eigenvalue weighted by Gasteiger charge is 2.16. The quantitative estimate of drug-likeness (QED) is 0.561. The van der Waals surface area contributed by atoms with E-state index in [1.54, 1.807) is 35.6 Å². The normalized spacial score (nSPS) is 12.4. The van der Waals surface area contributed by atoms with Gasteiger partial charge in [-0.3, -0.25) is 4.79 Å². The van der Waals surface area contributed by atoms with Gasteiger partial charge in [-0.25, -0.2) is 0 Å². The van der Waals surface area contributed by atoms with Crippen LogP contribution >= 0.6 is 23.1 Å². The lowest BCUT2D eigenvalue weighted by atomic mass is 10.2. The van der Waals surface area contributed by atoms with Gasteiger partial charge in [0.1, 0.15) is 28.7 Å². The van der Waals surface area contributed by atoms with Crippen LogP contribution in [0.1, 0.15) is 22.2 Å². The summed E-state index contributed by atoms with van der Waals surface area (Å²) in [5.74, 6) is 0.835. The van der Waals surface area contributed by atoms with Crippen LogP contribution in [-0.4, -0.2) is 26.3 Å². The average Bonchev–Trinajstić information content (AvgIpc) is 3.38. The third kappa shape index (κ3) is 3.32. The number of aromatic nitrogens is 2. The lowest BCUT2D eigenvalue weighted by molar-refractivity contribution is 0.0902. The number of fused-ring (bicyclic) bond motifs is 1. The molecule has 4 aromatic rings. The third-order valence-electron chi connectivity index (χ3n) is 3.73. The van der Waals surface area contributed by atoms with E-state index in [1.165, 1.54) is 0 Å². The van der Waals surface area contributed by atoms with Crippen LogP contribution in [-0.2, 0) is 0 Å². The van der Waals surface area contributed by atoms with Crippen LogP contribution in [0.15, 0.2) is 51.6 Å². The van der Waals surface area contributed by atoms with Crippen LogP contribution in [0.4, 0.5) is 0 Å². The molecule has 1 atom stereocenters. The van der Waals surface area contributed by atoms with Crippen molar-refractivity contribution in [3.8, 4) is 11.3 Å². The third-order valence-corrected chi connectivity index (χ3v) is 4.97. The molecule has 0 fully saturated rings. The molecule has 4 rings (SSSR count). The molecule has 0 aliphatic rings. The van der Waals surface area contributed by atoms with Crippen LogP contribution in [0.5, 0.6) is 0 Å². The SMILES string of the molecule is O=C(NC[C@H](O)c1ccc(-c2ccsc2)o1)c1ccc2nsnc2c1. The molecule has 126 valence electrons. The molecule has 2 N–H and O–H groups in total. The molecule has 0 saturated heterocycles. The summed E-state index contributed by atoms with van der Waals surface area (Å²) in [6.45, 7) is 0.0583. The number of aliphatic hydroxyl groups is 1. The maximum Gasteiger partial charge on any atom is 0.251 e. The van der Waals surface area contributed by atoms with E-state index in [9.17, 15) is 9.90 Å². The summed E-state index contributed by atoms with van der Waals surface area (Å²) in [5.41, 5.74) is 2.89. The van der Waals surface area contributed by atoms with E-state index in [-0.39, 0.29) is 12.5 Å². The molecule has 8 heteroatoms. The minimum Gasteiger partial charge on any atom is -0.458 e. The number of hydrogen-bond donors (Lipinski definition) is 2. The first-order valence-corrected chi connectivity index (χ1v) is 9.19. The highest BCUT2D eigenvalue weighted by Crippen LogP contribution is 2.26. The summed E-state index contributed by atoms with van der Waals surface area (Å²) < 4.78 is 13.9. The van der Waals surface area contributed by atoms with Gasteiger partial charge in [-0.15, -0.1) is 0 Å². The van der Waals surface area contributed by atoms with Crippen molar-refractivity contribution in [1.29, 1.82) is 0 Å². The van der Waals surface area contributed by atoms with Crippen LogP contribution in [0.2, 0.25) is 0 Å². The van der Waals surface area contributed by atoms with Crippen molar-refractivity contribution >= 4 is 40.0 Å². The number of rotatable bonds is 5. The maximum absolute atomic E-state index is 12.2. The Labute approximate surface area is 151 Å². The summed E-state index contributed by atoms with van der Waals surface area (Å²) in [5, 5.41) is 16.9. The van der Waals surface area contributed by atoms with Gasteiger partial charge >= 0.3 is 0 Å². The van der Waals surface area contributed by atoms with Crippen LogP contribution in [0, 0.1) is 0 Å². The van der Waals surface area contributed by atoms with E-state index in [0.29, 0.717) is 22.6 Å². The molecule has 6 nitrogen and oxygen atoms in total. The lowest BCUT2D eigenvalue weighted by Crippen LogP contribution is -2.28. The lowest BCUT2D eigenvalue weighted by Gasteiger charge is -2.09. The molecule has 1 aromatic carbocycles. The molecule has 0 aliphatic heterocycles. The summed E-state index contributed by atoms with van der Waals surface area (Å²) in [6.07, 6.45) is -0.916. The number of aliphatic hydroxyl groups excluding tert-OH is 1. The summed E-state index contributed by atoms with van der Waals surface area (Å²) in [7, 11) is 0. The number of nitrogens with zero attached hydrogens (tertiary/aromatic N) is 2. The highest BCUT2D eigenvalue weighted by atomic mass is 32.1. The van der Waals surface area contributed by atoms with E-state index < -0.39 is 6.10 Å². The van der Waals surface area contributed by atoms with Crippen molar-refractivity contribution in [3.63, 3.8) is 0 Å². The predicted octanol–water partition coefficient (Wildman–Crippen LogP) is 3.48. The summed E-state index contributed by atoms with van der Waals surface area (Å²) in [4.78, 5) is 12.2. The molecule has 0 spiro atoms. The molecule has 3 aromatic heterocycles. The van der Waals surface area contributed by atoms with Crippen molar-refractivity contribution in [2.24, 2.45) is 0 Å². The van der Waals surface area contributed by atoms with Gasteiger partial charge in [-0.05, 0) is 41.8 Å². The number of carbonyl (C=O) groups excluding carboxylic acids is 1. The van der Waals surface area contributed by atoms with Gasteiger partial charge in [0.2, 0.25) is 0 Å². The monoisotopic (exact) mass is 371 g/mol. The molecule has 0 radical (unpaired) electrons. The van der Waals surface area contributed by atoms with Crippen molar-refractivity contribution in [1.82, 2.24) is 14.1 Å². The fraction of sp³-hybridized carbons (Fsp3) is 0.118. The number of thiophene rings is 1. The largest absolute Gasteiger partial charge is 0.458 e. The number of furan rings is 1. The van der Waals surface area contributed by atoms with E-state index in [1.807, 2.05) is 22.9 Å². The predicted molar refractivity (Wildman–Crippen MR) is 96.7 cm³/mol. The molecule has 3 heterocycles. The van der Waals surface area contributed by atoms with Crippen LogP contribution in [0.25, 0.3) is 22.4 Å². The van der Waals surface area contributed by atoms with Crippen molar-refractivity contribution in [3.05, 3.63) is 58.5 Å². The zero-order valence-corrected chi connectivity index (χ0v) is 14.5. The van der Waals surface area contributed by atoms with E-state index in [2.05, 4.69) is 14.1 Å². The fourth-order valence-corrected chi connectivity index (χ4v) is 3.57. The average molecular weight is 371 g/mol. The number of nitrogens with one attached hydrogen (secondary N) is 1. The molecule has 0 saturated carbocycles. The smallest absolute Gasteiger partial charge is 0.251 e. The minimum atomic E-state index is -0.916. The van der Waals surface area contributed by atoms with Gasteiger partial charge in [-0.1, -0.05) is 0 Å². The fourth-order valence-electron chi connectivity index (χ4n) is 2.41. The van der Waals surface area contributed by atoms with Gasteiger partial charge in [0.15, 0.2) is 0 Å². The topological polar surface area (TPSA) is 88.2 Å². The van der Waals surface area contributed by atoms with Gasteiger partial charge in [0.05, 0.1) is 18.3 Å². The second-order valence-corrected chi connectivity index (χ2v) is 6.72. The number of amides is 1. The van der Waals surface area contributed by atoms with E-state index >= 15 is 0 Å². The molecule has 0 bridgehead atoms. The Hall–Kier alpha value is -2.55. The number of benzene rings is 1. The van der Waals surface area contributed by atoms with Crippen LogP contribution in [0.3, 0.4) is 0 Å². The first-order valence-electron chi connectivity index (χ1n) is 7.51. The van der Waals surface area contributed by atoms with Crippen molar-refractivity contribution in [2.75, 3.05) is 6.54 Å². The van der Waals surface area contributed by atoms with Gasteiger partial charge in [0.25, 0.3) is 5.91 Å². The molecule has 25 heavy (non-hydrogen) atoms. The number of hydrogen-bond acceptors (Lipinski definition) is 7. The Kier molecular flexibility index (Phi) is 4.31. The number of carbonyl (C=O) groups is 1. The summed E-state index contributed by atoms with van der Waals surface area (Å²) in [6, 6.07) is 10.6. The van der Waals surface area contributed by atoms with Gasteiger partial charge in [-0.2, -0.15) is 20.1 Å². The first-order chi connectivity index (χ1) is 12.2. The second-order valence-electron chi connectivity index (χ2n) is 5.41. The zero-order chi connectivity index (χ0) is 17.2. The Morgan fingerprint density at radius 2 is 2.08 bits per heavy atom. The van der Waals surface area contributed by atoms with E-state index in [4.69, 9.17) is 4.42 Å². The van der Waals surface area contributed by atoms with Crippen molar-refractivity contribution < 1.29 is 14.3 Å². The van der Waals surface area contributed by atoms with Crippen LogP contribution < -0.4 is 5.32 Å². The Balaban J connectivity index is 1.41. The zero-order valence-electron chi connectivity index (χ0n) is 12.9. The first kappa shape index (κ1) is 15.9. The molecular weight excluding hydrogens is 358 g/mol. The minimum absolute atomic E-state index is 0.0583. The standard InChI is InChI=1S/C17H13N3O3S2/c21-14(16-4-3-15(23-16)11-5-6-24-9-11)8-18-17(22)10-1-2-12-13(7-10)20-25-19-12/h1-7,9,14,21H,8H2,(H,18,22)/t14-/m0/s1. The Bertz CT molecular complexity index is 1010. The van der Waals surface area contributed by atoms with Crippen molar-refractivity contribution in [2.45, 2.75) is 6.10 Å². The maximum atomic E-state index is 12.2. The van der Waals surface area contributed by atoms with Gasteiger partial charge < -0.3 is 14.8 Å². The second kappa shape index (κ2) is 6.75. The Morgan fingerprint density at radius 1 is 1.20 bits per heavy atom. The molecule has 0 aliphatic carbocycles. The molecular formula is C17H13N3O3S2. The highest BCUT2D eigenvalue weighted by molar-refractivity contribution is 7.08. The van der Waals surface area contributed by atoms with Gasteiger partial charge in [0, 0.05) is 16.5 Å². The molecule has 0 unspecified atom stereocenters. The Morgan fingerprint density at radius 3 is 2.92 bits per heavy atom. The summed E-state index contributed by atoms with van der Waals surface area (Å²) >= 11 is 2.68. The van der Waals surface area contributed by atoms with E-state index in [0.717, 1.165) is 22.8 Å².